The standard InChI is InChI=1S/C13H17NO4/c1-7(6-14)11(18-8(2)15)9-10(12(16)17-5)13(9,3)4/h9-11H,1H2,2-5H3/t9-,10+,11?/m1/s1. The van der Waals surface area contributed by atoms with Gasteiger partial charge in [-0.25, -0.2) is 0 Å². The highest BCUT2D eigenvalue weighted by molar-refractivity contribution is 5.78. The molecule has 0 aromatic carbocycles. The number of rotatable bonds is 4. The van der Waals surface area contributed by atoms with Crippen molar-refractivity contribution in [1.29, 1.82) is 5.26 Å². The zero-order valence-electron chi connectivity index (χ0n) is 11.0. The van der Waals surface area contributed by atoms with Crippen LogP contribution in [0.15, 0.2) is 12.2 Å². The molecule has 0 saturated heterocycles. The first-order valence-corrected chi connectivity index (χ1v) is 5.61. The maximum atomic E-state index is 11.6. The highest BCUT2D eigenvalue weighted by Gasteiger charge is 2.67. The second-order valence-corrected chi connectivity index (χ2v) is 5.02. The molecule has 18 heavy (non-hydrogen) atoms. The van der Waals surface area contributed by atoms with Gasteiger partial charge in [-0.3, -0.25) is 9.59 Å². The molecule has 0 bridgehead atoms. The van der Waals surface area contributed by atoms with Crippen molar-refractivity contribution in [3.05, 3.63) is 12.2 Å². The molecule has 1 aliphatic rings. The lowest BCUT2D eigenvalue weighted by atomic mass is 10.0. The second-order valence-electron chi connectivity index (χ2n) is 5.02. The van der Waals surface area contributed by atoms with Crippen LogP contribution in [0.25, 0.3) is 0 Å². The van der Waals surface area contributed by atoms with E-state index in [1.54, 1.807) is 0 Å². The maximum absolute atomic E-state index is 11.6. The Morgan fingerprint density at radius 1 is 1.44 bits per heavy atom. The topological polar surface area (TPSA) is 76.4 Å². The lowest BCUT2D eigenvalue weighted by Gasteiger charge is -2.16. The fraction of sp³-hybridized carbons (Fsp3) is 0.615. The highest BCUT2D eigenvalue weighted by atomic mass is 16.5. The largest absolute Gasteiger partial charge is 0.469 e. The van der Waals surface area contributed by atoms with Crippen LogP contribution in [0, 0.1) is 28.6 Å². The smallest absolute Gasteiger partial charge is 0.309 e. The number of ether oxygens (including phenoxy) is 2. The Hall–Kier alpha value is -1.83. The molecule has 5 heteroatoms. The van der Waals surface area contributed by atoms with Crippen molar-refractivity contribution in [2.45, 2.75) is 26.9 Å². The molecule has 0 aromatic heterocycles. The monoisotopic (exact) mass is 251 g/mol. The Kier molecular flexibility index (Phi) is 3.80. The molecule has 1 fully saturated rings. The highest BCUT2D eigenvalue weighted by Crippen LogP contribution is 2.61. The molecule has 0 aromatic rings. The fourth-order valence-corrected chi connectivity index (χ4v) is 2.42. The van der Waals surface area contributed by atoms with Gasteiger partial charge < -0.3 is 9.47 Å². The zero-order valence-corrected chi connectivity index (χ0v) is 11.0. The normalized spacial score (nSPS) is 25.5. The number of carbonyl (C=O) groups excluding carboxylic acids is 2. The van der Waals surface area contributed by atoms with Gasteiger partial charge >= 0.3 is 11.9 Å². The minimum Gasteiger partial charge on any atom is -0.469 e. The van der Waals surface area contributed by atoms with E-state index in [0.29, 0.717) is 0 Å². The van der Waals surface area contributed by atoms with E-state index in [4.69, 9.17) is 14.7 Å². The Bertz CT molecular complexity index is 433. The van der Waals surface area contributed by atoms with Gasteiger partial charge in [0.25, 0.3) is 0 Å². The van der Waals surface area contributed by atoms with Crippen molar-refractivity contribution in [2.75, 3.05) is 7.11 Å². The molecular formula is C13H17NO4. The predicted octanol–water partition coefficient (Wildman–Crippen LogP) is 1.44. The molecule has 0 aliphatic heterocycles. The summed E-state index contributed by atoms with van der Waals surface area (Å²) in [4.78, 5) is 22.7. The number of esters is 2. The molecule has 1 rings (SSSR count). The first-order valence-electron chi connectivity index (χ1n) is 5.61. The molecular weight excluding hydrogens is 234 g/mol. The molecule has 0 spiro atoms. The van der Waals surface area contributed by atoms with Gasteiger partial charge in [0.15, 0.2) is 0 Å². The summed E-state index contributed by atoms with van der Waals surface area (Å²) in [7, 11) is 1.31. The fourth-order valence-electron chi connectivity index (χ4n) is 2.42. The van der Waals surface area contributed by atoms with Crippen LogP contribution in [-0.4, -0.2) is 25.2 Å². The number of carbonyl (C=O) groups is 2. The van der Waals surface area contributed by atoms with Crippen LogP contribution < -0.4 is 0 Å². The van der Waals surface area contributed by atoms with E-state index in [2.05, 4.69) is 6.58 Å². The quantitative estimate of drug-likeness (QED) is 0.558. The minimum atomic E-state index is -0.758. The van der Waals surface area contributed by atoms with Crippen molar-refractivity contribution < 1.29 is 19.1 Å². The van der Waals surface area contributed by atoms with Gasteiger partial charge in [-0.2, -0.15) is 5.26 Å². The first kappa shape index (κ1) is 14.2. The van der Waals surface area contributed by atoms with Crippen molar-refractivity contribution in [1.82, 2.24) is 0 Å². The second kappa shape index (κ2) is 4.81. The van der Waals surface area contributed by atoms with Crippen LogP contribution in [-0.2, 0) is 19.1 Å². The van der Waals surface area contributed by atoms with E-state index < -0.39 is 12.1 Å². The molecule has 0 heterocycles. The summed E-state index contributed by atoms with van der Waals surface area (Å²) in [6.07, 6.45) is -0.758. The van der Waals surface area contributed by atoms with Crippen molar-refractivity contribution in [2.24, 2.45) is 17.3 Å². The molecule has 0 N–H and O–H groups in total. The molecule has 0 amide bonds. The van der Waals surface area contributed by atoms with E-state index in [0.717, 1.165) is 0 Å². The van der Waals surface area contributed by atoms with Gasteiger partial charge in [-0.1, -0.05) is 20.4 Å². The van der Waals surface area contributed by atoms with Crippen molar-refractivity contribution >= 4 is 11.9 Å². The maximum Gasteiger partial charge on any atom is 0.309 e. The van der Waals surface area contributed by atoms with Crippen molar-refractivity contribution in [3.8, 4) is 6.07 Å². The Balaban J connectivity index is 2.95. The van der Waals surface area contributed by atoms with E-state index in [1.807, 2.05) is 19.9 Å². The summed E-state index contributed by atoms with van der Waals surface area (Å²) in [5, 5.41) is 8.89. The van der Waals surface area contributed by atoms with Crippen LogP contribution >= 0.6 is 0 Å². The van der Waals surface area contributed by atoms with E-state index in [1.165, 1.54) is 14.0 Å². The molecule has 3 atom stereocenters. The summed E-state index contributed by atoms with van der Waals surface area (Å²) >= 11 is 0. The summed E-state index contributed by atoms with van der Waals surface area (Å²) < 4.78 is 9.84. The zero-order chi connectivity index (χ0) is 14.1. The van der Waals surface area contributed by atoms with Crippen LogP contribution in [0.5, 0.6) is 0 Å². The first-order chi connectivity index (χ1) is 8.27. The summed E-state index contributed by atoms with van der Waals surface area (Å²) in [5.74, 6) is -1.49. The number of methoxy groups -OCH3 is 1. The van der Waals surface area contributed by atoms with Gasteiger partial charge in [0, 0.05) is 12.8 Å². The summed E-state index contributed by atoms with van der Waals surface area (Å²) in [6, 6.07) is 1.88. The number of nitriles is 1. The Labute approximate surface area is 106 Å². The Morgan fingerprint density at radius 3 is 2.39 bits per heavy atom. The third-order valence-corrected chi connectivity index (χ3v) is 3.47. The third kappa shape index (κ3) is 2.37. The van der Waals surface area contributed by atoms with Gasteiger partial charge in [0.05, 0.1) is 24.7 Å². The van der Waals surface area contributed by atoms with Gasteiger partial charge in [0.2, 0.25) is 0 Å². The van der Waals surface area contributed by atoms with E-state index in [-0.39, 0.29) is 28.8 Å². The van der Waals surface area contributed by atoms with Gasteiger partial charge in [-0.05, 0) is 5.41 Å². The molecule has 1 saturated carbocycles. The van der Waals surface area contributed by atoms with Crippen LogP contribution in [0.2, 0.25) is 0 Å². The van der Waals surface area contributed by atoms with Crippen molar-refractivity contribution in [3.63, 3.8) is 0 Å². The van der Waals surface area contributed by atoms with Gasteiger partial charge in [0.1, 0.15) is 6.10 Å². The molecule has 1 aliphatic carbocycles. The lowest BCUT2D eigenvalue weighted by Crippen LogP contribution is -2.23. The third-order valence-electron chi connectivity index (χ3n) is 3.47. The number of nitrogens with zero attached hydrogens (tertiary/aromatic N) is 1. The van der Waals surface area contributed by atoms with Gasteiger partial charge in [-0.15, -0.1) is 0 Å². The average Bonchev–Trinajstić information content (AvgIpc) is 2.86. The molecule has 98 valence electrons. The van der Waals surface area contributed by atoms with Crippen LogP contribution in [0.4, 0.5) is 0 Å². The molecule has 5 nitrogen and oxygen atoms in total. The summed E-state index contributed by atoms with van der Waals surface area (Å²) in [6.45, 7) is 8.60. The lowest BCUT2D eigenvalue weighted by molar-refractivity contribution is -0.148. The number of hydrogen-bond donors (Lipinski definition) is 0. The average molecular weight is 251 g/mol. The SMILES string of the molecule is C=C(C#N)C(OC(C)=O)[C@H]1[C@@H](C(=O)OC)C1(C)C. The van der Waals surface area contributed by atoms with E-state index >= 15 is 0 Å². The van der Waals surface area contributed by atoms with E-state index in [9.17, 15) is 9.59 Å². The van der Waals surface area contributed by atoms with Crippen LogP contribution in [0.1, 0.15) is 20.8 Å². The number of hydrogen-bond acceptors (Lipinski definition) is 5. The summed E-state index contributed by atoms with van der Waals surface area (Å²) in [5.41, 5.74) is -0.220. The Morgan fingerprint density at radius 2 is 2.00 bits per heavy atom. The molecule has 1 unspecified atom stereocenters. The molecule has 0 radical (unpaired) electrons. The predicted molar refractivity (Wildman–Crippen MR) is 63.1 cm³/mol. The minimum absolute atomic E-state index is 0.148. The van der Waals surface area contributed by atoms with Crippen LogP contribution in [0.3, 0.4) is 0 Å².